The summed E-state index contributed by atoms with van der Waals surface area (Å²) >= 11 is 0. The molecular formula is C15H21N3O4S. The zero-order valence-electron chi connectivity index (χ0n) is 13.3. The fourth-order valence-electron chi connectivity index (χ4n) is 1.93. The molecule has 0 atom stereocenters. The normalized spacial score (nSPS) is 11.6. The monoisotopic (exact) mass is 339 g/mol. The lowest BCUT2D eigenvalue weighted by molar-refractivity contribution is 0.379. The van der Waals surface area contributed by atoms with E-state index >= 15 is 0 Å². The standard InChI is InChI=1S/C15H21N3O4S/c1-3-4-11-23(19,20)16-10-9-14-17-15(18-22-14)12-5-7-13(21-2)8-6-12/h5-8,16H,3-4,9-11H2,1-2H3. The molecule has 0 aliphatic carbocycles. The van der Waals surface area contributed by atoms with E-state index in [1.165, 1.54) is 0 Å². The Labute approximate surface area is 136 Å². The molecule has 0 unspecified atom stereocenters. The van der Waals surface area contributed by atoms with Gasteiger partial charge in [0.05, 0.1) is 12.9 Å². The number of nitrogens with one attached hydrogen (secondary N) is 1. The smallest absolute Gasteiger partial charge is 0.228 e. The molecule has 0 radical (unpaired) electrons. The van der Waals surface area contributed by atoms with Crippen LogP contribution in [0.5, 0.6) is 5.75 Å². The minimum Gasteiger partial charge on any atom is -0.497 e. The van der Waals surface area contributed by atoms with Gasteiger partial charge in [0.2, 0.25) is 21.7 Å². The fourth-order valence-corrected chi connectivity index (χ4v) is 3.16. The molecule has 0 saturated carbocycles. The van der Waals surface area contributed by atoms with E-state index in [1.54, 1.807) is 7.11 Å². The average Bonchev–Trinajstić information content (AvgIpc) is 3.02. The van der Waals surface area contributed by atoms with Crippen LogP contribution in [0.4, 0.5) is 0 Å². The molecule has 1 heterocycles. The molecule has 0 spiro atoms. The van der Waals surface area contributed by atoms with Gasteiger partial charge in [0.25, 0.3) is 0 Å². The summed E-state index contributed by atoms with van der Waals surface area (Å²) in [5.74, 6) is 1.76. The SMILES string of the molecule is CCCCS(=O)(=O)NCCc1nc(-c2ccc(OC)cc2)no1. The molecule has 1 aromatic carbocycles. The number of hydrogen-bond acceptors (Lipinski definition) is 6. The van der Waals surface area contributed by atoms with Crippen molar-refractivity contribution in [2.75, 3.05) is 19.4 Å². The van der Waals surface area contributed by atoms with Crippen LogP contribution in [0.1, 0.15) is 25.7 Å². The first-order chi connectivity index (χ1) is 11.0. The minimum atomic E-state index is -3.22. The number of ether oxygens (including phenoxy) is 1. The van der Waals surface area contributed by atoms with Crippen LogP contribution in [0.2, 0.25) is 0 Å². The van der Waals surface area contributed by atoms with E-state index in [9.17, 15) is 8.42 Å². The molecule has 7 nitrogen and oxygen atoms in total. The molecule has 0 aliphatic rings. The second kappa shape index (κ2) is 8.07. The molecule has 0 fully saturated rings. The zero-order chi connectivity index (χ0) is 16.7. The van der Waals surface area contributed by atoms with Gasteiger partial charge in [0, 0.05) is 18.5 Å². The lowest BCUT2D eigenvalue weighted by Crippen LogP contribution is -2.28. The van der Waals surface area contributed by atoms with E-state index in [2.05, 4.69) is 14.9 Å². The topological polar surface area (TPSA) is 94.3 Å². The Morgan fingerprint density at radius 3 is 2.65 bits per heavy atom. The Balaban J connectivity index is 1.89. The fraction of sp³-hybridized carbons (Fsp3) is 0.467. The quantitative estimate of drug-likeness (QED) is 0.751. The van der Waals surface area contributed by atoms with Crippen molar-refractivity contribution >= 4 is 10.0 Å². The summed E-state index contributed by atoms with van der Waals surface area (Å²) in [6, 6.07) is 7.29. The van der Waals surface area contributed by atoms with Crippen molar-refractivity contribution in [3.8, 4) is 17.1 Å². The first kappa shape index (κ1) is 17.4. The molecule has 2 rings (SSSR count). The average molecular weight is 339 g/mol. The summed E-state index contributed by atoms with van der Waals surface area (Å²) in [4.78, 5) is 4.26. The van der Waals surface area contributed by atoms with Crippen molar-refractivity contribution in [3.63, 3.8) is 0 Å². The Morgan fingerprint density at radius 2 is 2.00 bits per heavy atom. The van der Waals surface area contributed by atoms with Crippen LogP contribution in [0.15, 0.2) is 28.8 Å². The van der Waals surface area contributed by atoms with Crippen LogP contribution in [-0.2, 0) is 16.4 Å². The highest BCUT2D eigenvalue weighted by Gasteiger charge is 2.12. The van der Waals surface area contributed by atoms with Gasteiger partial charge < -0.3 is 9.26 Å². The van der Waals surface area contributed by atoms with E-state index in [4.69, 9.17) is 9.26 Å². The van der Waals surface area contributed by atoms with E-state index in [0.29, 0.717) is 24.6 Å². The van der Waals surface area contributed by atoms with Gasteiger partial charge in [-0.2, -0.15) is 4.98 Å². The van der Waals surface area contributed by atoms with Gasteiger partial charge in [0.1, 0.15) is 5.75 Å². The highest BCUT2D eigenvalue weighted by molar-refractivity contribution is 7.89. The Kier molecular flexibility index (Phi) is 6.12. The van der Waals surface area contributed by atoms with Gasteiger partial charge in [-0.3, -0.25) is 0 Å². The van der Waals surface area contributed by atoms with Crippen molar-refractivity contribution in [1.82, 2.24) is 14.9 Å². The maximum absolute atomic E-state index is 11.7. The molecule has 1 aromatic heterocycles. The molecule has 2 aromatic rings. The van der Waals surface area contributed by atoms with Crippen LogP contribution in [0.3, 0.4) is 0 Å². The third-order valence-electron chi connectivity index (χ3n) is 3.24. The van der Waals surface area contributed by atoms with Gasteiger partial charge in [-0.05, 0) is 30.7 Å². The van der Waals surface area contributed by atoms with Gasteiger partial charge in [-0.1, -0.05) is 18.5 Å². The number of aromatic nitrogens is 2. The molecule has 0 saturated heterocycles. The first-order valence-corrected chi connectivity index (χ1v) is 9.13. The zero-order valence-corrected chi connectivity index (χ0v) is 14.1. The summed E-state index contributed by atoms with van der Waals surface area (Å²) in [6.07, 6.45) is 1.85. The number of nitrogens with zero attached hydrogens (tertiary/aromatic N) is 2. The highest BCUT2D eigenvalue weighted by Crippen LogP contribution is 2.19. The van der Waals surface area contributed by atoms with Crippen molar-refractivity contribution < 1.29 is 17.7 Å². The summed E-state index contributed by atoms with van der Waals surface area (Å²) in [5, 5.41) is 3.90. The molecular weight excluding hydrogens is 318 g/mol. The summed E-state index contributed by atoms with van der Waals surface area (Å²) in [5.41, 5.74) is 0.810. The molecule has 8 heteroatoms. The molecule has 0 aliphatic heterocycles. The van der Waals surface area contributed by atoms with Gasteiger partial charge in [0.15, 0.2) is 0 Å². The van der Waals surface area contributed by atoms with E-state index in [-0.39, 0.29) is 12.3 Å². The molecule has 126 valence electrons. The van der Waals surface area contributed by atoms with Crippen LogP contribution in [-0.4, -0.2) is 38.0 Å². The molecule has 1 N–H and O–H groups in total. The lowest BCUT2D eigenvalue weighted by atomic mass is 10.2. The van der Waals surface area contributed by atoms with Gasteiger partial charge >= 0.3 is 0 Å². The second-order valence-electron chi connectivity index (χ2n) is 5.06. The van der Waals surface area contributed by atoms with Gasteiger partial charge in [-0.25, -0.2) is 13.1 Å². The lowest BCUT2D eigenvalue weighted by Gasteiger charge is -2.03. The van der Waals surface area contributed by atoms with Crippen LogP contribution < -0.4 is 9.46 Å². The van der Waals surface area contributed by atoms with E-state index in [0.717, 1.165) is 17.7 Å². The predicted molar refractivity (Wildman–Crippen MR) is 86.7 cm³/mol. The number of hydrogen-bond donors (Lipinski definition) is 1. The Bertz CT molecular complexity index is 711. The van der Waals surface area contributed by atoms with Crippen molar-refractivity contribution in [3.05, 3.63) is 30.2 Å². The predicted octanol–water partition coefficient (Wildman–Crippen LogP) is 2.01. The number of rotatable bonds is 9. The van der Waals surface area contributed by atoms with E-state index < -0.39 is 10.0 Å². The van der Waals surface area contributed by atoms with Crippen LogP contribution >= 0.6 is 0 Å². The summed E-state index contributed by atoms with van der Waals surface area (Å²) < 4.78 is 36.1. The van der Waals surface area contributed by atoms with Crippen molar-refractivity contribution in [1.29, 1.82) is 0 Å². The largest absolute Gasteiger partial charge is 0.497 e. The number of benzene rings is 1. The van der Waals surface area contributed by atoms with Crippen LogP contribution in [0, 0.1) is 0 Å². The maximum atomic E-state index is 11.7. The molecule has 0 amide bonds. The second-order valence-corrected chi connectivity index (χ2v) is 6.98. The van der Waals surface area contributed by atoms with E-state index in [1.807, 2.05) is 31.2 Å². The summed E-state index contributed by atoms with van der Waals surface area (Å²) in [7, 11) is -1.62. The molecule has 0 bridgehead atoms. The maximum Gasteiger partial charge on any atom is 0.228 e. The molecule has 23 heavy (non-hydrogen) atoms. The Hall–Kier alpha value is -1.93. The third kappa shape index (κ3) is 5.33. The van der Waals surface area contributed by atoms with Crippen molar-refractivity contribution in [2.24, 2.45) is 0 Å². The van der Waals surface area contributed by atoms with Crippen molar-refractivity contribution in [2.45, 2.75) is 26.2 Å². The number of sulfonamides is 1. The third-order valence-corrected chi connectivity index (χ3v) is 4.71. The Morgan fingerprint density at radius 1 is 1.26 bits per heavy atom. The van der Waals surface area contributed by atoms with Gasteiger partial charge in [-0.15, -0.1) is 0 Å². The van der Waals surface area contributed by atoms with Crippen LogP contribution in [0.25, 0.3) is 11.4 Å². The number of unbranched alkanes of at least 4 members (excludes halogenated alkanes) is 1. The summed E-state index contributed by atoms with van der Waals surface area (Å²) in [6.45, 7) is 2.20. The highest BCUT2D eigenvalue weighted by atomic mass is 32.2. The first-order valence-electron chi connectivity index (χ1n) is 7.48. The minimum absolute atomic E-state index is 0.143. The number of methoxy groups -OCH3 is 1.